The van der Waals surface area contributed by atoms with E-state index in [4.69, 9.17) is 0 Å². The van der Waals surface area contributed by atoms with E-state index in [1.807, 2.05) is 17.8 Å². The second-order valence-corrected chi connectivity index (χ2v) is 5.27. The van der Waals surface area contributed by atoms with Gasteiger partial charge in [-0.05, 0) is 24.3 Å². The summed E-state index contributed by atoms with van der Waals surface area (Å²) in [5.74, 6) is 3.72. The van der Waals surface area contributed by atoms with Crippen LogP contribution in [0.4, 0.5) is 5.69 Å². The van der Waals surface area contributed by atoms with E-state index in [1.165, 1.54) is 29.4 Å². The van der Waals surface area contributed by atoms with Crippen LogP contribution in [0, 0.1) is 0 Å². The molecule has 2 nitrogen and oxygen atoms in total. The van der Waals surface area contributed by atoms with Crippen LogP contribution in [0.25, 0.3) is 0 Å². The van der Waals surface area contributed by atoms with Gasteiger partial charge in [0.15, 0.2) is 0 Å². The topological polar surface area (TPSA) is 15.6 Å². The van der Waals surface area contributed by atoms with Crippen molar-refractivity contribution in [3.63, 3.8) is 0 Å². The molecule has 0 bridgehead atoms. The van der Waals surface area contributed by atoms with Crippen molar-refractivity contribution in [2.24, 2.45) is 4.99 Å². The maximum absolute atomic E-state index is 4.68. The van der Waals surface area contributed by atoms with E-state index < -0.39 is 0 Å². The maximum Gasteiger partial charge on any atom is 0.133 e. The third-order valence-corrected chi connectivity index (χ3v) is 4.32. The van der Waals surface area contributed by atoms with E-state index in [1.54, 1.807) is 0 Å². The van der Waals surface area contributed by atoms with Gasteiger partial charge in [0, 0.05) is 18.5 Å². The minimum atomic E-state index is 0.218. The maximum atomic E-state index is 4.68. The lowest BCUT2D eigenvalue weighted by molar-refractivity contribution is 0.742. The van der Waals surface area contributed by atoms with Gasteiger partial charge in [0.25, 0.3) is 0 Å². The van der Waals surface area contributed by atoms with Crippen LogP contribution in [0.3, 0.4) is 0 Å². The number of para-hydroxylation sites is 1. The second-order valence-electron chi connectivity index (χ2n) is 4.16. The average molecular weight is 218 g/mol. The van der Waals surface area contributed by atoms with Crippen molar-refractivity contribution in [1.29, 1.82) is 0 Å². The standard InChI is InChI=1S/C12H14N2S/c1-14(10-5-3-2-4-6-10)11-12(13-11)7-8-15-9-12/h2-6H,7-9H2,1H3. The number of hydrogen-bond acceptors (Lipinski definition) is 3. The quantitative estimate of drug-likeness (QED) is 0.719. The second kappa shape index (κ2) is 3.27. The fraction of sp³-hybridized carbons (Fsp3) is 0.417. The first kappa shape index (κ1) is 9.28. The molecule has 1 atom stereocenters. The molecule has 1 saturated heterocycles. The summed E-state index contributed by atoms with van der Waals surface area (Å²) in [6.07, 6.45) is 1.23. The molecular formula is C12H14N2S. The van der Waals surface area contributed by atoms with Crippen molar-refractivity contribution in [3.8, 4) is 0 Å². The van der Waals surface area contributed by atoms with Gasteiger partial charge in [0.05, 0.1) is 0 Å². The third kappa shape index (κ3) is 1.46. The summed E-state index contributed by atoms with van der Waals surface area (Å²) in [6.45, 7) is 0. The molecule has 1 spiro atoms. The van der Waals surface area contributed by atoms with Crippen LogP contribution in [0.2, 0.25) is 0 Å². The summed E-state index contributed by atoms with van der Waals surface area (Å²) in [6, 6.07) is 10.5. The highest BCUT2D eigenvalue weighted by atomic mass is 32.2. The van der Waals surface area contributed by atoms with Crippen LogP contribution < -0.4 is 4.90 Å². The molecule has 3 heteroatoms. The molecule has 78 valence electrons. The summed E-state index contributed by atoms with van der Waals surface area (Å²) in [5, 5.41) is 0. The Labute approximate surface area is 94.4 Å². The zero-order valence-corrected chi connectivity index (χ0v) is 9.63. The number of thioether (sulfide) groups is 1. The molecule has 0 radical (unpaired) electrons. The van der Waals surface area contributed by atoms with Gasteiger partial charge in [-0.1, -0.05) is 18.2 Å². The summed E-state index contributed by atoms with van der Waals surface area (Å²) in [5.41, 5.74) is 1.46. The number of nitrogens with zero attached hydrogens (tertiary/aromatic N) is 2. The predicted octanol–water partition coefficient (Wildman–Crippen LogP) is 2.41. The third-order valence-electron chi connectivity index (χ3n) is 3.15. The Morgan fingerprint density at radius 2 is 2.13 bits per heavy atom. The first-order valence-electron chi connectivity index (χ1n) is 5.29. The molecule has 0 aliphatic carbocycles. The Hall–Kier alpha value is -0.960. The lowest BCUT2D eigenvalue weighted by Gasteiger charge is -2.17. The molecule has 15 heavy (non-hydrogen) atoms. The van der Waals surface area contributed by atoms with Crippen molar-refractivity contribution in [2.45, 2.75) is 12.0 Å². The first-order valence-corrected chi connectivity index (χ1v) is 6.44. The minimum absolute atomic E-state index is 0.218. The van der Waals surface area contributed by atoms with Gasteiger partial charge in [0.2, 0.25) is 0 Å². The molecule has 1 aromatic rings. The van der Waals surface area contributed by atoms with Crippen molar-refractivity contribution in [1.82, 2.24) is 0 Å². The lowest BCUT2D eigenvalue weighted by atomic mass is 10.1. The SMILES string of the molecule is CN(C1=NC12CCSC2)c1ccccc1. The Kier molecular flexibility index (Phi) is 2.02. The van der Waals surface area contributed by atoms with Crippen LogP contribution in [0.5, 0.6) is 0 Å². The Balaban J connectivity index is 1.77. The fourth-order valence-electron chi connectivity index (χ4n) is 2.15. The number of hydrogen-bond donors (Lipinski definition) is 0. The molecule has 1 aromatic carbocycles. The minimum Gasteiger partial charge on any atom is -0.331 e. The van der Waals surface area contributed by atoms with Crippen molar-refractivity contribution >= 4 is 23.3 Å². The van der Waals surface area contributed by atoms with Crippen LogP contribution in [-0.4, -0.2) is 29.9 Å². The molecule has 2 heterocycles. The molecule has 0 N–H and O–H groups in total. The molecule has 2 aliphatic heterocycles. The zero-order valence-electron chi connectivity index (χ0n) is 8.81. The van der Waals surface area contributed by atoms with E-state index in [2.05, 4.69) is 41.2 Å². The molecule has 3 rings (SSSR count). The van der Waals surface area contributed by atoms with Crippen LogP contribution >= 0.6 is 11.8 Å². The summed E-state index contributed by atoms with van der Waals surface area (Å²) >= 11 is 2.02. The predicted molar refractivity (Wildman–Crippen MR) is 67.0 cm³/mol. The van der Waals surface area contributed by atoms with Crippen molar-refractivity contribution < 1.29 is 0 Å². The molecule has 0 aromatic heterocycles. The number of aliphatic imine (C=N–C) groups is 1. The average Bonchev–Trinajstić information content (AvgIpc) is 2.77. The van der Waals surface area contributed by atoms with Crippen LogP contribution in [-0.2, 0) is 0 Å². The van der Waals surface area contributed by atoms with Crippen molar-refractivity contribution in [3.05, 3.63) is 30.3 Å². The van der Waals surface area contributed by atoms with Gasteiger partial charge in [-0.2, -0.15) is 11.8 Å². The van der Waals surface area contributed by atoms with E-state index in [9.17, 15) is 0 Å². The van der Waals surface area contributed by atoms with Gasteiger partial charge < -0.3 is 4.90 Å². The smallest absolute Gasteiger partial charge is 0.133 e. The number of likely N-dealkylation sites (N-methyl/N-ethyl adjacent to an activating group) is 1. The van der Waals surface area contributed by atoms with Crippen molar-refractivity contribution in [2.75, 3.05) is 23.5 Å². The number of benzene rings is 1. The van der Waals surface area contributed by atoms with E-state index in [-0.39, 0.29) is 5.54 Å². The molecule has 1 unspecified atom stereocenters. The highest BCUT2D eigenvalue weighted by molar-refractivity contribution is 7.99. The number of amidine groups is 1. The largest absolute Gasteiger partial charge is 0.331 e. The van der Waals surface area contributed by atoms with E-state index >= 15 is 0 Å². The van der Waals surface area contributed by atoms with Gasteiger partial charge >= 0.3 is 0 Å². The molecule has 0 saturated carbocycles. The fourth-order valence-corrected chi connectivity index (χ4v) is 3.46. The lowest BCUT2D eigenvalue weighted by Crippen LogP contribution is -2.31. The summed E-state index contributed by atoms with van der Waals surface area (Å²) < 4.78 is 0. The highest BCUT2D eigenvalue weighted by Crippen LogP contribution is 2.43. The first-order chi connectivity index (χ1) is 7.32. The van der Waals surface area contributed by atoms with Gasteiger partial charge in [-0.3, -0.25) is 4.99 Å². The highest BCUT2D eigenvalue weighted by Gasteiger charge is 2.51. The Morgan fingerprint density at radius 1 is 1.33 bits per heavy atom. The zero-order chi connectivity index (χ0) is 10.3. The Morgan fingerprint density at radius 3 is 2.80 bits per heavy atom. The molecular weight excluding hydrogens is 204 g/mol. The summed E-state index contributed by atoms with van der Waals surface area (Å²) in [7, 11) is 2.12. The molecule has 2 aliphatic rings. The molecule has 1 fully saturated rings. The van der Waals surface area contributed by atoms with Gasteiger partial charge in [0.1, 0.15) is 11.4 Å². The van der Waals surface area contributed by atoms with E-state index in [0.29, 0.717) is 0 Å². The number of anilines is 1. The van der Waals surface area contributed by atoms with Crippen LogP contribution in [0.15, 0.2) is 35.3 Å². The monoisotopic (exact) mass is 218 g/mol. The normalized spacial score (nSPS) is 27.9. The Bertz CT molecular complexity index is 393. The number of rotatable bonds is 1. The van der Waals surface area contributed by atoms with Crippen LogP contribution in [0.1, 0.15) is 6.42 Å². The van der Waals surface area contributed by atoms with Gasteiger partial charge in [-0.15, -0.1) is 0 Å². The molecule has 0 amide bonds. The van der Waals surface area contributed by atoms with E-state index in [0.717, 1.165) is 0 Å². The van der Waals surface area contributed by atoms with Gasteiger partial charge in [-0.25, -0.2) is 0 Å². The summed E-state index contributed by atoms with van der Waals surface area (Å²) in [4.78, 5) is 6.91.